The van der Waals surface area contributed by atoms with Crippen LogP contribution in [0.15, 0.2) is 0 Å². The topological polar surface area (TPSA) is 79.4 Å². The molecular weight excluding hydrogens is 362 g/mol. The molecule has 0 aromatic heterocycles. The van der Waals surface area contributed by atoms with E-state index in [1.807, 2.05) is 16.7 Å². The first-order valence-electron chi connectivity index (χ1n) is 10.6. The van der Waals surface area contributed by atoms with Crippen molar-refractivity contribution in [3.8, 4) is 0 Å². The summed E-state index contributed by atoms with van der Waals surface area (Å²) in [4.78, 5) is 44.5. The summed E-state index contributed by atoms with van der Waals surface area (Å²) in [6.45, 7) is 6.36. The highest BCUT2D eigenvalue weighted by atomic mass is 16.5. The molecule has 3 atom stereocenters. The molecule has 0 spiro atoms. The van der Waals surface area contributed by atoms with E-state index in [9.17, 15) is 14.4 Å². The van der Waals surface area contributed by atoms with Crippen molar-refractivity contribution in [2.45, 2.75) is 44.7 Å². The molecule has 156 valence electrons. The molecule has 0 aromatic rings. The Bertz CT molecular complexity index is 615. The zero-order chi connectivity index (χ0) is 19.7. The maximum atomic E-state index is 13.1. The number of carbonyl (C=O) groups is 3. The summed E-state index contributed by atoms with van der Waals surface area (Å²) in [6.07, 6.45) is 2.87. The minimum Gasteiger partial charge on any atom is -0.381 e. The molecule has 0 aromatic carbocycles. The molecule has 28 heavy (non-hydrogen) atoms. The van der Waals surface area contributed by atoms with Gasteiger partial charge in [-0.05, 0) is 25.7 Å². The van der Waals surface area contributed by atoms with E-state index in [1.165, 1.54) is 0 Å². The monoisotopic (exact) mass is 393 g/mol. The Morgan fingerprint density at radius 3 is 2.36 bits per heavy atom. The highest BCUT2D eigenvalue weighted by molar-refractivity contribution is 5.89. The SMILES string of the molecule is CC[C@@H]1[C@H](C(=O)N2CCOCC2)C[C@@H]2CN(C(=O)C3CCOCC3)CC(=O)N21. The third-order valence-corrected chi connectivity index (χ3v) is 6.73. The highest BCUT2D eigenvalue weighted by Gasteiger charge is 2.50. The molecule has 8 nitrogen and oxygen atoms in total. The van der Waals surface area contributed by atoms with E-state index >= 15 is 0 Å². The minimum atomic E-state index is -0.171. The first-order valence-corrected chi connectivity index (χ1v) is 10.6. The van der Waals surface area contributed by atoms with Crippen LogP contribution in [0.1, 0.15) is 32.6 Å². The van der Waals surface area contributed by atoms with Gasteiger partial charge in [-0.25, -0.2) is 0 Å². The molecule has 0 bridgehead atoms. The Hall–Kier alpha value is -1.67. The summed E-state index contributed by atoms with van der Waals surface area (Å²) in [5.41, 5.74) is 0. The van der Waals surface area contributed by atoms with Gasteiger partial charge in [-0.1, -0.05) is 6.92 Å². The molecule has 0 saturated carbocycles. The number of nitrogens with zero attached hydrogens (tertiary/aromatic N) is 3. The smallest absolute Gasteiger partial charge is 0.242 e. The molecule has 4 rings (SSSR count). The molecule has 8 heteroatoms. The molecule has 0 aliphatic carbocycles. The van der Waals surface area contributed by atoms with Crippen molar-refractivity contribution < 1.29 is 23.9 Å². The lowest BCUT2D eigenvalue weighted by Crippen LogP contribution is -2.58. The number of morpholine rings is 1. The molecule has 4 heterocycles. The van der Waals surface area contributed by atoms with Gasteiger partial charge >= 0.3 is 0 Å². The summed E-state index contributed by atoms with van der Waals surface area (Å²) < 4.78 is 10.7. The second-order valence-corrected chi connectivity index (χ2v) is 8.32. The average Bonchev–Trinajstić information content (AvgIpc) is 3.13. The zero-order valence-corrected chi connectivity index (χ0v) is 16.7. The average molecular weight is 393 g/mol. The fourth-order valence-corrected chi connectivity index (χ4v) is 5.28. The van der Waals surface area contributed by atoms with E-state index in [4.69, 9.17) is 9.47 Å². The van der Waals surface area contributed by atoms with Gasteiger partial charge in [0.25, 0.3) is 0 Å². The Balaban J connectivity index is 1.46. The Labute approximate surface area is 166 Å². The van der Waals surface area contributed by atoms with Gasteiger partial charge in [0.2, 0.25) is 17.7 Å². The van der Waals surface area contributed by atoms with Crippen LogP contribution < -0.4 is 0 Å². The van der Waals surface area contributed by atoms with Crippen LogP contribution in [0.3, 0.4) is 0 Å². The molecule has 4 saturated heterocycles. The summed E-state index contributed by atoms with van der Waals surface area (Å²) in [6, 6.07) is -0.113. The molecule has 4 aliphatic rings. The summed E-state index contributed by atoms with van der Waals surface area (Å²) in [7, 11) is 0. The van der Waals surface area contributed by atoms with Gasteiger partial charge in [0, 0.05) is 44.8 Å². The molecule has 0 N–H and O–H groups in total. The number of amides is 3. The fraction of sp³-hybridized carbons (Fsp3) is 0.850. The lowest BCUT2D eigenvalue weighted by Gasteiger charge is -2.41. The quantitative estimate of drug-likeness (QED) is 0.680. The van der Waals surface area contributed by atoms with Crippen LogP contribution in [-0.4, -0.2) is 97.1 Å². The molecule has 4 aliphatic heterocycles. The predicted octanol–water partition coefficient (Wildman–Crippen LogP) is 0.110. The second-order valence-electron chi connectivity index (χ2n) is 8.32. The summed E-state index contributed by atoms with van der Waals surface area (Å²) in [5, 5.41) is 0. The molecule has 3 amide bonds. The minimum absolute atomic E-state index is 0.0132. The number of carbonyl (C=O) groups excluding carboxylic acids is 3. The van der Waals surface area contributed by atoms with E-state index in [2.05, 4.69) is 0 Å². The van der Waals surface area contributed by atoms with Gasteiger partial charge in [0.1, 0.15) is 0 Å². The lowest BCUT2D eigenvalue weighted by molar-refractivity contribution is -0.152. The van der Waals surface area contributed by atoms with Gasteiger partial charge in [-0.3, -0.25) is 14.4 Å². The summed E-state index contributed by atoms with van der Waals surface area (Å²) in [5.74, 6) is -0.00909. The third-order valence-electron chi connectivity index (χ3n) is 6.73. The van der Waals surface area contributed by atoms with Crippen LogP contribution in [-0.2, 0) is 23.9 Å². The predicted molar refractivity (Wildman–Crippen MR) is 100 cm³/mol. The Morgan fingerprint density at radius 2 is 1.68 bits per heavy atom. The van der Waals surface area contributed by atoms with E-state index in [-0.39, 0.29) is 48.2 Å². The van der Waals surface area contributed by atoms with Crippen molar-refractivity contribution in [1.29, 1.82) is 0 Å². The fourth-order valence-electron chi connectivity index (χ4n) is 5.28. The van der Waals surface area contributed by atoms with Crippen LogP contribution >= 0.6 is 0 Å². The lowest BCUT2D eigenvalue weighted by atomic mass is 9.95. The number of hydrogen-bond donors (Lipinski definition) is 0. The highest BCUT2D eigenvalue weighted by Crippen LogP contribution is 2.36. The molecule has 0 radical (unpaired) electrons. The van der Waals surface area contributed by atoms with Crippen LogP contribution in [0.2, 0.25) is 0 Å². The van der Waals surface area contributed by atoms with Crippen LogP contribution in [0, 0.1) is 11.8 Å². The van der Waals surface area contributed by atoms with Crippen molar-refractivity contribution >= 4 is 17.7 Å². The van der Waals surface area contributed by atoms with E-state index in [1.54, 1.807) is 4.90 Å². The van der Waals surface area contributed by atoms with E-state index < -0.39 is 0 Å². The maximum Gasteiger partial charge on any atom is 0.242 e. The van der Waals surface area contributed by atoms with E-state index in [0.29, 0.717) is 52.5 Å². The van der Waals surface area contributed by atoms with Crippen LogP contribution in [0.4, 0.5) is 0 Å². The number of rotatable bonds is 3. The maximum absolute atomic E-state index is 13.1. The van der Waals surface area contributed by atoms with Gasteiger partial charge < -0.3 is 24.2 Å². The molecule has 0 unspecified atom stereocenters. The second kappa shape index (κ2) is 8.37. The van der Waals surface area contributed by atoms with Crippen molar-refractivity contribution in [2.75, 3.05) is 52.6 Å². The van der Waals surface area contributed by atoms with Crippen LogP contribution in [0.25, 0.3) is 0 Å². The van der Waals surface area contributed by atoms with E-state index in [0.717, 1.165) is 19.3 Å². The molecular formula is C20H31N3O5. The van der Waals surface area contributed by atoms with Gasteiger partial charge in [0.15, 0.2) is 0 Å². The first kappa shape index (κ1) is 19.6. The normalized spacial score (nSPS) is 31.8. The van der Waals surface area contributed by atoms with Gasteiger partial charge in [-0.15, -0.1) is 0 Å². The van der Waals surface area contributed by atoms with Crippen molar-refractivity contribution in [2.24, 2.45) is 11.8 Å². The Morgan fingerprint density at radius 1 is 1.00 bits per heavy atom. The van der Waals surface area contributed by atoms with Crippen molar-refractivity contribution in [3.05, 3.63) is 0 Å². The summed E-state index contributed by atoms with van der Waals surface area (Å²) >= 11 is 0. The van der Waals surface area contributed by atoms with Crippen molar-refractivity contribution in [3.63, 3.8) is 0 Å². The number of piperazine rings is 1. The number of fused-ring (bicyclic) bond motifs is 1. The first-order chi connectivity index (χ1) is 13.6. The third kappa shape index (κ3) is 3.64. The van der Waals surface area contributed by atoms with Crippen molar-refractivity contribution in [1.82, 2.24) is 14.7 Å². The van der Waals surface area contributed by atoms with Gasteiger partial charge in [0.05, 0.1) is 31.7 Å². The number of ether oxygens (including phenoxy) is 2. The standard InChI is InChI=1S/C20H31N3O5/c1-2-17-16(20(26)21-5-9-28-10-6-21)11-15-12-22(13-18(24)23(15)17)19(25)14-3-7-27-8-4-14/h14-17H,2-13H2,1H3/t15-,16-,17-/m1/s1. The Kier molecular flexibility index (Phi) is 5.87. The molecule has 4 fully saturated rings. The zero-order valence-electron chi connectivity index (χ0n) is 16.7. The van der Waals surface area contributed by atoms with Crippen LogP contribution in [0.5, 0.6) is 0 Å². The largest absolute Gasteiger partial charge is 0.381 e. The van der Waals surface area contributed by atoms with Gasteiger partial charge in [-0.2, -0.15) is 0 Å². The number of hydrogen-bond acceptors (Lipinski definition) is 5.